The molecule has 1 atom stereocenters. The first kappa shape index (κ1) is 14.7. The Morgan fingerprint density at radius 2 is 1.92 bits per heavy atom. The predicted molar refractivity (Wildman–Crippen MR) is 90.9 cm³/mol. The molecule has 0 saturated heterocycles. The molecule has 0 aliphatic carbocycles. The molecule has 0 amide bonds. The van der Waals surface area contributed by atoms with E-state index in [1.54, 1.807) is 7.05 Å². The molecule has 124 valence electrons. The number of fused-ring (bicyclic) bond motifs is 3. The van der Waals surface area contributed by atoms with Crippen molar-refractivity contribution in [3.05, 3.63) is 56.7 Å². The number of aromatic nitrogens is 4. The molecule has 2 N–H and O–H groups in total. The van der Waals surface area contributed by atoms with E-state index in [0.29, 0.717) is 23.7 Å². The van der Waals surface area contributed by atoms with Crippen LogP contribution in [0.5, 0.6) is 0 Å². The van der Waals surface area contributed by atoms with Gasteiger partial charge in [-0.1, -0.05) is 30.3 Å². The van der Waals surface area contributed by atoms with Gasteiger partial charge in [0.2, 0.25) is 5.95 Å². The van der Waals surface area contributed by atoms with Gasteiger partial charge in [-0.05, 0) is 12.0 Å². The summed E-state index contributed by atoms with van der Waals surface area (Å²) in [6.07, 6.45) is 0.818. The lowest BCUT2D eigenvalue weighted by Gasteiger charge is -2.26. The van der Waals surface area contributed by atoms with Crippen molar-refractivity contribution in [1.82, 2.24) is 24.1 Å². The van der Waals surface area contributed by atoms with E-state index in [0.717, 1.165) is 11.0 Å². The Hall–Kier alpha value is -2.87. The van der Waals surface area contributed by atoms with Crippen LogP contribution in [0.25, 0.3) is 11.2 Å². The largest absolute Gasteiger partial charge is 0.332 e. The number of imidazole rings is 1. The Bertz CT molecular complexity index is 1030. The second kappa shape index (κ2) is 5.34. The van der Waals surface area contributed by atoms with Gasteiger partial charge in [-0.3, -0.25) is 19.4 Å². The highest BCUT2D eigenvalue weighted by atomic mass is 16.2. The summed E-state index contributed by atoms with van der Waals surface area (Å²) in [5.74, 6) is 0.549. The van der Waals surface area contributed by atoms with Gasteiger partial charge in [0.05, 0.1) is 0 Å². The van der Waals surface area contributed by atoms with E-state index in [1.807, 2.05) is 22.8 Å². The summed E-state index contributed by atoms with van der Waals surface area (Å²) in [6.45, 7) is 0.598. The summed E-state index contributed by atoms with van der Waals surface area (Å²) >= 11 is 0. The molecule has 1 aliphatic heterocycles. The highest BCUT2D eigenvalue weighted by molar-refractivity contribution is 5.74. The van der Waals surface area contributed by atoms with Crippen molar-refractivity contribution in [1.29, 1.82) is 0 Å². The van der Waals surface area contributed by atoms with Crippen LogP contribution in [0.1, 0.15) is 5.56 Å². The average molecular weight is 326 g/mol. The highest BCUT2D eigenvalue weighted by Crippen LogP contribution is 2.19. The molecule has 3 heterocycles. The number of benzene rings is 1. The Morgan fingerprint density at radius 1 is 1.17 bits per heavy atom. The normalized spacial score (nSPS) is 16.8. The van der Waals surface area contributed by atoms with Crippen LogP contribution in [-0.4, -0.2) is 24.7 Å². The number of hydrogen-bond acceptors (Lipinski definition) is 5. The SMILES string of the molecule is Cn1c(=O)c2c(nc3n2C[C@@H](Cc2ccccc2)NN3)n(C)c1=O. The number of nitrogens with one attached hydrogen (secondary N) is 2. The topological polar surface area (TPSA) is 85.9 Å². The summed E-state index contributed by atoms with van der Waals surface area (Å²) in [5.41, 5.74) is 7.63. The van der Waals surface area contributed by atoms with Crippen LogP contribution >= 0.6 is 0 Å². The number of anilines is 1. The van der Waals surface area contributed by atoms with E-state index in [-0.39, 0.29) is 17.3 Å². The molecule has 24 heavy (non-hydrogen) atoms. The van der Waals surface area contributed by atoms with Crippen molar-refractivity contribution >= 4 is 17.1 Å². The van der Waals surface area contributed by atoms with Gasteiger partial charge in [-0.2, -0.15) is 4.98 Å². The van der Waals surface area contributed by atoms with Crippen LogP contribution in [0.3, 0.4) is 0 Å². The maximum atomic E-state index is 12.5. The zero-order valence-corrected chi connectivity index (χ0v) is 13.5. The van der Waals surface area contributed by atoms with Gasteiger partial charge in [0.15, 0.2) is 11.2 Å². The zero-order valence-electron chi connectivity index (χ0n) is 13.5. The monoisotopic (exact) mass is 326 g/mol. The van der Waals surface area contributed by atoms with E-state index in [4.69, 9.17) is 0 Å². The predicted octanol–water partition coefficient (Wildman–Crippen LogP) is -0.0249. The van der Waals surface area contributed by atoms with Gasteiger partial charge in [-0.25, -0.2) is 10.2 Å². The maximum absolute atomic E-state index is 12.5. The number of nitrogens with zero attached hydrogens (tertiary/aromatic N) is 4. The van der Waals surface area contributed by atoms with Gasteiger partial charge in [0, 0.05) is 26.7 Å². The minimum atomic E-state index is -0.378. The van der Waals surface area contributed by atoms with Crippen molar-refractivity contribution in [2.24, 2.45) is 14.1 Å². The zero-order chi connectivity index (χ0) is 16.8. The fourth-order valence-corrected chi connectivity index (χ4v) is 3.17. The van der Waals surface area contributed by atoms with E-state index in [1.165, 1.54) is 17.2 Å². The Labute approximate surface area is 137 Å². The molecule has 8 nitrogen and oxygen atoms in total. The molecule has 0 saturated carbocycles. The maximum Gasteiger partial charge on any atom is 0.332 e. The molecule has 1 aliphatic rings. The van der Waals surface area contributed by atoms with Crippen molar-refractivity contribution in [3.8, 4) is 0 Å². The first-order valence-electron chi connectivity index (χ1n) is 7.78. The van der Waals surface area contributed by atoms with Gasteiger partial charge in [0.25, 0.3) is 5.56 Å². The fourth-order valence-electron chi connectivity index (χ4n) is 3.17. The molecular formula is C16H18N6O2. The van der Waals surface area contributed by atoms with Gasteiger partial charge < -0.3 is 4.57 Å². The third-order valence-corrected chi connectivity index (χ3v) is 4.46. The Kier molecular flexibility index (Phi) is 3.27. The van der Waals surface area contributed by atoms with E-state index in [2.05, 4.69) is 28.0 Å². The first-order chi connectivity index (χ1) is 11.6. The molecule has 0 bridgehead atoms. The molecule has 0 spiro atoms. The lowest BCUT2D eigenvalue weighted by Crippen LogP contribution is -2.45. The van der Waals surface area contributed by atoms with Gasteiger partial charge in [-0.15, -0.1) is 0 Å². The molecule has 1 aromatic carbocycles. The smallest absolute Gasteiger partial charge is 0.302 e. The van der Waals surface area contributed by atoms with Crippen LogP contribution in [-0.2, 0) is 27.1 Å². The Balaban J connectivity index is 1.78. The van der Waals surface area contributed by atoms with Crippen molar-refractivity contribution in [2.45, 2.75) is 19.0 Å². The van der Waals surface area contributed by atoms with Crippen molar-refractivity contribution in [3.63, 3.8) is 0 Å². The molecular weight excluding hydrogens is 308 g/mol. The molecule has 2 aromatic heterocycles. The van der Waals surface area contributed by atoms with Gasteiger partial charge in [0.1, 0.15) is 0 Å². The van der Waals surface area contributed by atoms with Gasteiger partial charge >= 0.3 is 5.69 Å². The minimum Gasteiger partial charge on any atom is -0.302 e. The number of hydrogen-bond donors (Lipinski definition) is 2. The summed E-state index contributed by atoms with van der Waals surface area (Å²) in [5, 5.41) is 0. The second-order valence-electron chi connectivity index (χ2n) is 6.08. The van der Waals surface area contributed by atoms with Crippen molar-refractivity contribution < 1.29 is 0 Å². The summed E-state index contributed by atoms with van der Waals surface area (Å²) in [7, 11) is 3.11. The van der Waals surface area contributed by atoms with Crippen LogP contribution in [0.15, 0.2) is 39.9 Å². The molecule has 0 fully saturated rings. The third kappa shape index (κ3) is 2.15. The first-order valence-corrected chi connectivity index (χ1v) is 7.78. The third-order valence-electron chi connectivity index (χ3n) is 4.46. The number of hydrazine groups is 1. The standard InChI is InChI=1S/C16H18N6O2/c1-20-13-12(14(23)21(2)16(20)24)22-9-11(18-19-15(22)17-13)8-10-6-4-3-5-7-10/h3-7,11,18H,8-9H2,1-2H3,(H,17,19)/t11-/m1/s1. The van der Waals surface area contributed by atoms with Crippen LogP contribution in [0.4, 0.5) is 5.95 Å². The summed E-state index contributed by atoms with van der Waals surface area (Å²) < 4.78 is 4.36. The molecule has 0 unspecified atom stereocenters. The lowest BCUT2D eigenvalue weighted by molar-refractivity contribution is 0.450. The number of aryl methyl sites for hydroxylation is 1. The molecule has 0 radical (unpaired) electrons. The molecule has 8 heteroatoms. The summed E-state index contributed by atoms with van der Waals surface area (Å²) in [4.78, 5) is 29.0. The lowest BCUT2D eigenvalue weighted by atomic mass is 10.1. The summed E-state index contributed by atoms with van der Waals surface area (Å²) in [6, 6.07) is 10.3. The second-order valence-corrected chi connectivity index (χ2v) is 6.08. The molecule has 4 rings (SSSR count). The quantitative estimate of drug-likeness (QED) is 0.691. The van der Waals surface area contributed by atoms with Crippen molar-refractivity contribution in [2.75, 3.05) is 5.43 Å². The highest BCUT2D eigenvalue weighted by Gasteiger charge is 2.25. The Morgan fingerprint density at radius 3 is 2.67 bits per heavy atom. The number of rotatable bonds is 2. The van der Waals surface area contributed by atoms with E-state index < -0.39 is 0 Å². The van der Waals surface area contributed by atoms with Crippen LogP contribution in [0, 0.1) is 0 Å². The molecule has 3 aromatic rings. The fraction of sp³-hybridized carbons (Fsp3) is 0.312. The minimum absolute atomic E-state index is 0.110. The van der Waals surface area contributed by atoms with E-state index in [9.17, 15) is 9.59 Å². The van der Waals surface area contributed by atoms with Crippen LogP contribution in [0.2, 0.25) is 0 Å². The van der Waals surface area contributed by atoms with E-state index >= 15 is 0 Å². The van der Waals surface area contributed by atoms with Crippen LogP contribution < -0.4 is 22.1 Å². The average Bonchev–Trinajstić information content (AvgIpc) is 2.98.